The predicted molar refractivity (Wildman–Crippen MR) is 149 cm³/mol. The van der Waals surface area contributed by atoms with Gasteiger partial charge in [0.15, 0.2) is 11.4 Å². The average Bonchev–Trinajstić information content (AvgIpc) is 2.91. The van der Waals surface area contributed by atoms with Crippen LogP contribution in [0.15, 0.2) is 53.0 Å². The van der Waals surface area contributed by atoms with E-state index in [0.717, 1.165) is 36.8 Å². The molecule has 0 unspecified atom stereocenters. The lowest BCUT2D eigenvalue weighted by atomic mass is 9.92. The van der Waals surface area contributed by atoms with E-state index < -0.39 is 11.9 Å². The molecule has 0 atom stereocenters. The minimum absolute atomic E-state index is 0.117. The van der Waals surface area contributed by atoms with Crippen molar-refractivity contribution in [2.75, 3.05) is 31.1 Å². The Morgan fingerprint density at radius 2 is 1.84 bits per heavy atom. The van der Waals surface area contributed by atoms with Gasteiger partial charge in [0, 0.05) is 24.0 Å². The van der Waals surface area contributed by atoms with E-state index in [0.29, 0.717) is 23.9 Å². The van der Waals surface area contributed by atoms with Crippen LogP contribution in [0.5, 0.6) is 5.75 Å². The number of carbonyl (C=O) groups excluding carboxylic acids is 2. The van der Waals surface area contributed by atoms with Crippen LogP contribution in [0.1, 0.15) is 52.9 Å². The summed E-state index contributed by atoms with van der Waals surface area (Å²) in [5, 5.41) is 12.8. The normalized spacial score (nSPS) is 13.8. The maximum atomic E-state index is 12.5. The van der Waals surface area contributed by atoms with Gasteiger partial charge < -0.3 is 20.1 Å². The second-order valence-electron chi connectivity index (χ2n) is 9.49. The van der Waals surface area contributed by atoms with Crippen molar-refractivity contribution in [3.8, 4) is 5.75 Å². The SMILES string of the molecule is CCOC(=O)CNC(=O)c1nc(CC2CCN(c3ccc(Cc4ccccc4)cc3Br)CC2)nc(C)c1O. The predicted octanol–water partition coefficient (Wildman–Crippen LogP) is 4.60. The van der Waals surface area contributed by atoms with E-state index in [1.54, 1.807) is 13.8 Å². The molecule has 8 nitrogen and oxygen atoms in total. The zero-order valence-corrected chi connectivity index (χ0v) is 23.3. The van der Waals surface area contributed by atoms with Crippen LogP contribution in [0.25, 0.3) is 0 Å². The average molecular weight is 582 g/mol. The lowest BCUT2D eigenvalue weighted by molar-refractivity contribution is -0.141. The lowest BCUT2D eigenvalue weighted by Gasteiger charge is -2.34. The molecule has 1 aliphatic rings. The van der Waals surface area contributed by atoms with Crippen LogP contribution in [-0.4, -0.2) is 53.2 Å². The van der Waals surface area contributed by atoms with Crippen LogP contribution in [-0.2, 0) is 22.4 Å². The van der Waals surface area contributed by atoms with Gasteiger partial charge in [-0.15, -0.1) is 0 Å². The van der Waals surface area contributed by atoms with E-state index in [2.05, 4.69) is 78.6 Å². The third-order valence-electron chi connectivity index (χ3n) is 6.71. The van der Waals surface area contributed by atoms with Gasteiger partial charge in [0.2, 0.25) is 0 Å². The smallest absolute Gasteiger partial charge is 0.325 e. The first kappa shape index (κ1) is 27.6. The van der Waals surface area contributed by atoms with E-state index in [1.807, 2.05) is 6.07 Å². The number of ether oxygens (including phenoxy) is 1. The van der Waals surface area contributed by atoms with Crippen molar-refractivity contribution in [2.45, 2.75) is 39.5 Å². The number of nitrogens with zero attached hydrogens (tertiary/aromatic N) is 3. The van der Waals surface area contributed by atoms with Gasteiger partial charge in [-0.05, 0) is 78.2 Å². The molecule has 2 heterocycles. The minimum atomic E-state index is -0.627. The number of rotatable bonds is 9. The third-order valence-corrected chi connectivity index (χ3v) is 7.34. The Balaban J connectivity index is 1.35. The summed E-state index contributed by atoms with van der Waals surface area (Å²) in [5.41, 5.74) is 3.97. The van der Waals surface area contributed by atoms with Crippen LogP contribution in [0, 0.1) is 12.8 Å². The number of benzene rings is 2. The number of esters is 1. The number of hydrogen-bond donors (Lipinski definition) is 2. The number of aromatic nitrogens is 2. The largest absolute Gasteiger partial charge is 0.504 e. The highest BCUT2D eigenvalue weighted by atomic mass is 79.9. The quantitative estimate of drug-likeness (QED) is 0.356. The first-order valence-corrected chi connectivity index (χ1v) is 13.7. The molecular formula is C29H33BrN4O4. The number of hydrogen-bond acceptors (Lipinski definition) is 7. The fourth-order valence-corrected chi connectivity index (χ4v) is 5.38. The first-order valence-electron chi connectivity index (χ1n) is 12.9. The standard InChI is InChI=1S/C29H33BrN4O4/c1-3-38-26(35)18-31-29(37)27-28(36)19(2)32-25(33-27)17-21-11-13-34(14-12-21)24-10-9-22(16-23(24)30)15-20-7-5-4-6-8-20/h4-10,16,21,36H,3,11-15,17-18H2,1-2H3,(H,31,37). The van der Waals surface area contributed by atoms with Crippen LogP contribution in [0.4, 0.5) is 5.69 Å². The Kier molecular flexibility index (Phi) is 9.33. The summed E-state index contributed by atoms with van der Waals surface area (Å²) in [6, 6.07) is 17.0. The van der Waals surface area contributed by atoms with Crippen LogP contribution in [0.2, 0.25) is 0 Å². The van der Waals surface area contributed by atoms with Gasteiger partial charge in [0.25, 0.3) is 5.91 Å². The Bertz CT molecular complexity index is 1280. The molecule has 0 saturated carbocycles. The molecule has 2 aromatic carbocycles. The second kappa shape index (κ2) is 12.9. The lowest BCUT2D eigenvalue weighted by Crippen LogP contribution is -2.35. The molecular weight excluding hydrogens is 548 g/mol. The van der Waals surface area contributed by atoms with Crippen molar-refractivity contribution in [3.63, 3.8) is 0 Å². The van der Waals surface area contributed by atoms with Gasteiger partial charge in [-0.3, -0.25) is 9.59 Å². The zero-order valence-electron chi connectivity index (χ0n) is 21.7. The van der Waals surface area contributed by atoms with E-state index in [-0.39, 0.29) is 24.6 Å². The van der Waals surface area contributed by atoms with Gasteiger partial charge in [0.1, 0.15) is 12.4 Å². The molecule has 0 bridgehead atoms. The Labute approximate surface area is 231 Å². The molecule has 1 aliphatic heterocycles. The van der Waals surface area contributed by atoms with Gasteiger partial charge >= 0.3 is 5.97 Å². The second-order valence-corrected chi connectivity index (χ2v) is 10.3. The maximum Gasteiger partial charge on any atom is 0.325 e. The van der Waals surface area contributed by atoms with Crippen LogP contribution in [0.3, 0.4) is 0 Å². The van der Waals surface area contributed by atoms with E-state index >= 15 is 0 Å². The number of amides is 1. The Morgan fingerprint density at radius 3 is 2.53 bits per heavy atom. The molecule has 4 rings (SSSR count). The fourth-order valence-electron chi connectivity index (χ4n) is 4.71. The molecule has 9 heteroatoms. The summed E-state index contributed by atoms with van der Waals surface area (Å²) in [5.74, 6) is -0.563. The molecule has 0 aliphatic carbocycles. The highest BCUT2D eigenvalue weighted by Gasteiger charge is 2.24. The third kappa shape index (κ3) is 7.10. The summed E-state index contributed by atoms with van der Waals surface area (Å²) < 4.78 is 5.93. The molecule has 200 valence electrons. The van der Waals surface area contributed by atoms with Gasteiger partial charge in [-0.1, -0.05) is 36.4 Å². The topological polar surface area (TPSA) is 105 Å². The molecule has 1 aromatic heterocycles. The number of carbonyl (C=O) groups is 2. The van der Waals surface area contributed by atoms with Gasteiger partial charge in [0.05, 0.1) is 18.0 Å². The number of aryl methyl sites for hydroxylation is 1. The number of anilines is 1. The minimum Gasteiger partial charge on any atom is -0.504 e. The summed E-state index contributed by atoms with van der Waals surface area (Å²) in [6.07, 6.45) is 3.44. The number of piperidine rings is 1. The molecule has 3 aromatic rings. The molecule has 1 saturated heterocycles. The molecule has 2 N–H and O–H groups in total. The number of halogens is 1. The van der Waals surface area contributed by atoms with Crippen molar-refractivity contribution in [2.24, 2.45) is 5.92 Å². The van der Waals surface area contributed by atoms with Crippen LogP contribution >= 0.6 is 15.9 Å². The van der Waals surface area contributed by atoms with Gasteiger partial charge in [-0.2, -0.15) is 0 Å². The molecule has 1 fully saturated rings. The highest BCUT2D eigenvalue weighted by molar-refractivity contribution is 9.10. The number of aromatic hydroxyl groups is 1. The fraction of sp³-hybridized carbons (Fsp3) is 0.379. The van der Waals surface area contributed by atoms with E-state index in [4.69, 9.17) is 4.74 Å². The molecule has 38 heavy (non-hydrogen) atoms. The Hall–Kier alpha value is -3.46. The summed E-state index contributed by atoms with van der Waals surface area (Å²) in [6.45, 7) is 5.09. The zero-order chi connectivity index (χ0) is 27.1. The number of nitrogens with one attached hydrogen (secondary N) is 1. The Morgan fingerprint density at radius 1 is 1.11 bits per heavy atom. The van der Waals surface area contributed by atoms with Crippen molar-refractivity contribution < 1.29 is 19.4 Å². The van der Waals surface area contributed by atoms with Crippen molar-refractivity contribution in [3.05, 3.63) is 81.3 Å². The molecule has 0 radical (unpaired) electrons. The summed E-state index contributed by atoms with van der Waals surface area (Å²) >= 11 is 3.78. The van der Waals surface area contributed by atoms with Crippen LogP contribution < -0.4 is 10.2 Å². The summed E-state index contributed by atoms with van der Waals surface area (Å²) in [7, 11) is 0. The molecule has 0 spiro atoms. The van der Waals surface area contributed by atoms with Crippen molar-refractivity contribution >= 4 is 33.5 Å². The molecule has 1 amide bonds. The van der Waals surface area contributed by atoms with Crippen molar-refractivity contribution in [1.82, 2.24) is 15.3 Å². The van der Waals surface area contributed by atoms with Gasteiger partial charge in [-0.25, -0.2) is 9.97 Å². The first-order chi connectivity index (χ1) is 18.3. The summed E-state index contributed by atoms with van der Waals surface area (Å²) in [4.78, 5) is 35.3. The van der Waals surface area contributed by atoms with Crippen molar-refractivity contribution in [1.29, 1.82) is 0 Å². The van der Waals surface area contributed by atoms with E-state index in [9.17, 15) is 14.7 Å². The highest BCUT2D eigenvalue weighted by Crippen LogP contribution is 2.32. The van der Waals surface area contributed by atoms with E-state index in [1.165, 1.54) is 16.8 Å². The maximum absolute atomic E-state index is 12.5. The monoisotopic (exact) mass is 580 g/mol.